The Balaban J connectivity index is 2.61. The van der Waals surface area contributed by atoms with E-state index in [9.17, 15) is 9.90 Å². The molecule has 18 heavy (non-hydrogen) atoms. The lowest BCUT2D eigenvalue weighted by molar-refractivity contribution is -0.140. The fourth-order valence-corrected chi connectivity index (χ4v) is 2.15. The van der Waals surface area contributed by atoms with Gasteiger partial charge < -0.3 is 9.67 Å². The van der Waals surface area contributed by atoms with Crippen LogP contribution in [0.5, 0.6) is 0 Å². The number of hydrogen-bond donors (Lipinski definition) is 1. The highest BCUT2D eigenvalue weighted by Gasteiger charge is 2.20. The molecule has 0 aliphatic carbocycles. The first-order valence-electron chi connectivity index (χ1n) is 6.19. The van der Waals surface area contributed by atoms with Crippen molar-refractivity contribution in [2.45, 2.75) is 33.2 Å². The molecule has 96 valence electrons. The maximum atomic E-state index is 11.2. The van der Waals surface area contributed by atoms with Crippen LogP contribution in [0.15, 0.2) is 24.3 Å². The number of para-hydroxylation sites is 2. The Kier molecular flexibility index (Phi) is 3.36. The predicted molar refractivity (Wildman–Crippen MR) is 70.6 cm³/mol. The van der Waals surface area contributed by atoms with E-state index < -0.39 is 12.0 Å². The molecule has 0 amide bonds. The van der Waals surface area contributed by atoms with E-state index in [-0.39, 0.29) is 0 Å². The van der Waals surface area contributed by atoms with Gasteiger partial charge in [-0.05, 0) is 25.0 Å². The molecule has 0 radical (unpaired) electrons. The van der Waals surface area contributed by atoms with Gasteiger partial charge in [0.2, 0.25) is 0 Å². The van der Waals surface area contributed by atoms with Crippen molar-refractivity contribution in [1.29, 1.82) is 0 Å². The lowest BCUT2D eigenvalue weighted by Gasteiger charge is -2.14. The second-order valence-electron chi connectivity index (χ2n) is 5.00. The average molecular weight is 246 g/mol. The SMILES string of the molecule is CC(C)Cc1nc2ccccc2n1C(C)C(=O)O. The molecule has 1 unspecified atom stereocenters. The number of fused-ring (bicyclic) bond motifs is 1. The molecule has 1 N–H and O–H groups in total. The number of benzene rings is 1. The Hall–Kier alpha value is -1.84. The highest BCUT2D eigenvalue weighted by Crippen LogP contribution is 2.23. The van der Waals surface area contributed by atoms with Crippen molar-refractivity contribution in [3.63, 3.8) is 0 Å². The molecule has 1 aromatic heterocycles. The minimum absolute atomic E-state index is 0.446. The number of imidazole rings is 1. The molecule has 0 saturated carbocycles. The highest BCUT2D eigenvalue weighted by molar-refractivity contribution is 5.80. The second kappa shape index (κ2) is 4.80. The van der Waals surface area contributed by atoms with E-state index in [1.54, 1.807) is 6.92 Å². The van der Waals surface area contributed by atoms with E-state index in [2.05, 4.69) is 18.8 Å². The second-order valence-corrected chi connectivity index (χ2v) is 5.00. The molecule has 1 atom stereocenters. The third kappa shape index (κ3) is 2.23. The van der Waals surface area contributed by atoms with E-state index in [0.717, 1.165) is 23.3 Å². The Morgan fingerprint density at radius 3 is 2.61 bits per heavy atom. The van der Waals surface area contributed by atoms with Crippen molar-refractivity contribution in [2.75, 3.05) is 0 Å². The summed E-state index contributed by atoms with van der Waals surface area (Å²) >= 11 is 0. The van der Waals surface area contributed by atoms with Crippen molar-refractivity contribution >= 4 is 17.0 Å². The summed E-state index contributed by atoms with van der Waals surface area (Å²) in [7, 11) is 0. The number of carboxylic acids is 1. The van der Waals surface area contributed by atoms with Crippen molar-refractivity contribution < 1.29 is 9.90 Å². The topological polar surface area (TPSA) is 55.1 Å². The van der Waals surface area contributed by atoms with Crippen molar-refractivity contribution in [1.82, 2.24) is 9.55 Å². The molecule has 2 rings (SSSR count). The summed E-state index contributed by atoms with van der Waals surface area (Å²) in [6, 6.07) is 7.08. The van der Waals surface area contributed by atoms with Crippen LogP contribution in [-0.2, 0) is 11.2 Å². The van der Waals surface area contributed by atoms with Crippen LogP contribution >= 0.6 is 0 Å². The van der Waals surface area contributed by atoms with Crippen LogP contribution in [-0.4, -0.2) is 20.6 Å². The van der Waals surface area contributed by atoms with Gasteiger partial charge in [0.15, 0.2) is 0 Å². The summed E-state index contributed by atoms with van der Waals surface area (Å²) in [5, 5.41) is 9.22. The van der Waals surface area contributed by atoms with E-state index in [1.807, 2.05) is 28.8 Å². The molecule has 1 heterocycles. The first-order valence-corrected chi connectivity index (χ1v) is 6.19. The average Bonchev–Trinajstić information content (AvgIpc) is 2.64. The molecule has 2 aromatic rings. The zero-order chi connectivity index (χ0) is 13.3. The van der Waals surface area contributed by atoms with Crippen molar-refractivity contribution in [3.8, 4) is 0 Å². The molecule has 0 aliphatic heterocycles. The van der Waals surface area contributed by atoms with E-state index in [4.69, 9.17) is 0 Å². The van der Waals surface area contributed by atoms with Gasteiger partial charge in [0.1, 0.15) is 11.9 Å². The smallest absolute Gasteiger partial charge is 0.326 e. The number of carbonyl (C=O) groups is 1. The van der Waals surface area contributed by atoms with Gasteiger partial charge in [0.25, 0.3) is 0 Å². The zero-order valence-electron chi connectivity index (χ0n) is 10.9. The van der Waals surface area contributed by atoms with Crippen LogP contribution in [0.3, 0.4) is 0 Å². The molecule has 4 heteroatoms. The van der Waals surface area contributed by atoms with Gasteiger partial charge in [0, 0.05) is 6.42 Å². The van der Waals surface area contributed by atoms with E-state index in [0.29, 0.717) is 5.92 Å². The molecule has 0 spiro atoms. The summed E-state index contributed by atoms with van der Waals surface area (Å²) in [5.41, 5.74) is 1.75. The molecule has 4 nitrogen and oxygen atoms in total. The maximum absolute atomic E-state index is 11.2. The van der Waals surface area contributed by atoms with Gasteiger partial charge in [-0.3, -0.25) is 0 Å². The fraction of sp³-hybridized carbons (Fsp3) is 0.429. The monoisotopic (exact) mass is 246 g/mol. The molecule has 0 aliphatic rings. The number of rotatable bonds is 4. The van der Waals surface area contributed by atoms with Crippen molar-refractivity contribution in [2.24, 2.45) is 5.92 Å². The van der Waals surface area contributed by atoms with Crippen LogP contribution in [0.25, 0.3) is 11.0 Å². The third-order valence-electron chi connectivity index (χ3n) is 3.00. The molecule has 0 bridgehead atoms. The van der Waals surface area contributed by atoms with Gasteiger partial charge in [0.05, 0.1) is 11.0 Å². The Morgan fingerprint density at radius 2 is 2.00 bits per heavy atom. The standard InChI is InChI=1S/C14H18N2O2/c1-9(2)8-13-15-11-6-4-5-7-12(11)16(13)10(3)14(17)18/h4-7,9-10H,8H2,1-3H3,(H,17,18). The summed E-state index contributed by atoms with van der Waals surface area (Å²) in [6.07, 6.45) is 0.784. The zero-order valence-corrected chi connectivity index (χ0v) is 10.9. The predicted octanol–water partition coefficient (Wildman–Crippen LogP) is 2.88. The van der Waals surface area contributed by atoms with Gasteiger partial charge >= 0.3 is 5.97 Å². The number of carboxylic acid groups (broad SMARTS) is 1. The molecule has 0 saturated heterocycles. The van der Waals surface area contributed by atoms with E-state index in [1.165, 1.54) is 0 Å². The van der Waals surface area contributed by atoms with Crippen LogP contribution in [0, 0.1) is 5.92 Å². The minimum atomic E-state index is -0.830. The minimum Gasteiger partial charge on any atom is -0.480 e. The number of hydrogen-bond acceptors (Lipinski definition) is 2. The lowest BCUT2D eigenvalue weighted by Crippen LogP contribution is -2.18. The molecular formula is C14H18N2O2. The summed E-state index contributed by atoms with van der Waals surface area (Å²) in [6.45, 7) is 5.91. The third-order valence-corrected chi connectivity index (χ3v) is 3.00. The van der Waals surface area contributed by atoms with Crippen LogP contribution in [0.1, 0.15) is 32.6 Å². The Morgan fingerprint density at radius 1 is 1.33 bits per heavy atom. The molecule has 0 fully saturated rings. The fourth-order valence-electron chi connectivity index (χ4n) is 2.15. The van der Waals surface area contributed by atoms with Gasteiger partial charge in [-0.2, -0.15) is 0 Å². The Bertz CT molecular complexity index is 572. The lowest BCUT2D eigenvalue weighted by atomic mass is 10.1. The van der Waals surface area contributed by atoms with Crippen LogP contribution in [0.4, 0.5) is 0 Å². The summed E-state index contributed by atoms with van der Waals surface area (Å²) in [5.74, 6) is 0.464. The van der Waals surface area contributed by atoms with Gasteiger partial charge in [-0.15, -0.1) is 0 Å². The molecule has 1 aromatic carbocycles. The normalized spacial score (nSPS) is 13.1. The first kappa shape index (κ1) is 12.6. The van der Waals surface area contributed by atoms with Crippen LogP contribution in [0.2, 0.25) is 0 Å². The number of aromatic nitrogens is 2. The van der Waals surface area contributed by atoms with E-state index >= 15 is 0 Å². The van der Waals surface area contributed by atoms with Gasteiger partial charge in [-0.1, -0.05) is 26.0 Å². The van der Waals surface area contributed by atoms with Crippen LogP contribution < -0.4 is 0 Å². The highest BCUT2D eigenvalue weighted by atomic mass is 16.4. The quantitative estimate of drug-likeness (QED) is 0.902. The largest absolute Gasteiger partial charge is 0.480 e. The Labute approximate surface area is 106 Å². The number of nitrogens with zero attached hydrogens (tertiary/aromatic N) is 2. The maximum Gasteiger partial charge on any atom is 0.326 e. The van der Waals surface area contributed by atoms with Gasteiger partial charge in [-0.25, -0.2) is 9.78 Å². The number of aliphatic carboxylic acids is 1. The summed E-state index contributed by atoms with van der Waals surface area (Å²) < 4.78 is 1.83. The first-order chi connectivity index (χ1) is 8.50. The van der Waals surface area contributed by atoms with Crippen molar-refractivity contribution in [3.05, 3.63) is 30.1 Å². The molecular weight excluding hydrogens is 228 g/mol. The summed E-state index contributed by atoms with van der Waals surface area (Å²) in [4.78, 5) is 15.8.